The molecule has 86 valence electrons. The normalized spacial score (nSPS) is 12.9. The van der Waals surface area contributed by atoms with Gasteiger partial charge in [-0.1, -0.05) is 6.92 Å². The third-order valence-electron chi connectivity index (χ3n) is 2.67. The molecule has 2 aromatic heterocycles. The molecule has 0 aliphatic carbocycles. The Bertz CT molecular complexity index is 458. The number of nitrogens with zero attached hydrogens (tertiary/aromatic N) is 2. The van der Waals surface area contributed by atoms with Crippen molar-refractivity contribution in [3.63, 3.8) is 0 Å². The van der Waals surface area contributed by atoms with E-state index in [4.69, 9.17) is 0 Å². The molecule has 0 aliphatic rings. The molecule has 1 N–H and O–H groups in total. The van der Waals surface area contributed by atoms with Gasteiger partial charge < -0.3 is 5.32 Å². The Morgan fingerprint density at radius 1 is 1.50 bits per heavy atom. The summed E-state index contributed by atoms with van der Waals surface area (Å²) in [5.74, 6) is 0. The van der Waals surface area contributed by atoms with Gasteiger partial charge in [-0.2, -0.15) is 16.4 Å². The minimum atomic E-state index is 0.268. The van der Waals surface area contributed by atoms with Crippen LogP contribution in [0.3, 0.4) is 0 Å². The number of thiophene rings is 1. The average molecular weight is 235 g/mol. The van der Waals surface area contributed by atoms with Crippen molar-refractivity contribution < 1.29 is 0 Å². The van der Waals surface area contributed by atoms with Crippen LogP contribution in [-0.2, 0) is 7.05 Å². The smallest absolute Gasteiger partial charge is 0.0618 e. The largest absolute Gasteiger partial charge is 0.306 e. The van der Waals surface area contributed by atoms with Crippen molar-refractivity contribution in [3.05, 3.63) is 39.8 Å². The predicted octanol–water partition coefficient (Wildman–Crippen LogP) is 2.49. The number of aromatic nitrogens is 2. The second kappa shape index (κ2) is 4.80. The van der Waals surface area contributed by atoms with Crippen LogP contribution in [0.25, 0.3) is 0 Å². The lowest BCUT2D eigenvalue weighted by Gasteiger charge is -2.16. The SMILES string of the molecule is CCNC(c1cnn(C)c1)c1cscc1C. The van der Waals surface area contributed by atoms with E-state index in [2.05, 4.69) is 41.2 Å². The van der Waals surface area contributed by atoms with Crippen LogP contribution in [0, 0.1) is 6.92 Å². The fourth-order valence-corrected chi connectivity index (χ4v) is 2.74. The number of aryl methyl sites for hydroxylation is 2. The van der Waals surface area contributed by atoms with E-state index in [0.29, 0.717) is 0 Å². The summed E-state index contributed by atoms with van der Waals surface area (Å²) in [7, 11) is 1.95. The highest BCUT2D eigenvalue weighted by molar-refractivity contribution is 7.08. The van der Waals surface area contributed by atoms with Crippen LogP contribution >= 0.6 is 11.3 Å². The quantitative estimate of drug-likeness (QED) is 0.882. The molecule has 0 fully saturated rings. The van der Waals surface area contributed by atoms with E-state index in [1.54, 1.807) is 11.3 Å². The molecule has 0 amide bonds. The minimum absolute atomic E-state index is 0.268. The third-order valence-corrected chi connectivity index (χ3v) is 3.55. The Morgan fingerprint density at radius 3 is 2.81 bits per heavy atom. The fraction of sp³-hybridized carbons (Fsp3) is 0.417. The first-order chi connectivity index (χ1) is 7.72. The Labute approximate surface area is 100 Å². The maximum absolute atomic E-state index is 4.24. The number of nitrogens with one attached hydrogen (secondary N) is 1. The molecule has 0 aromatic carbocycles. The van der Waals surface area contributed by atoms with Crippen molar-refractivity contribution in [2.75, 3.05) is 6.54 Å². The molecule has 2 aromatic rings. The van der Waals surface area contributed by atoms with Gasteiger partial charge in [-0.15, -0.1) is 0 Å². The van der Waals surface area contributed by atoms with Crippen molar-refractivity contribution in [3.8, 4) is 0 Å². The molecule has 0 spiro atoms. The molecule has 3 nitrogen and oxygen atoms in total. The van der Waals surface area contributed by atoms with E-state index < -0.39 is 0 Å². The standard InChI is InChI=1S/C12H17N3S/c1-4-13-12(10-5-14-15(3)6-10)11-8-16-7-9(11)2/h5-8,12-13H,4H2,1-3H3. The van der Waals surface area contributed by atoms with Gasteiger partial charge in [-0.25, -0.2) is 0 Å². The van der Waals surface area contributed by atoms with Gasteiger partial charge in [-0.3, -0.25) is 4.68 Å². The zero-order chi connectivity index (χ0) is 11.5. The summed E-state index contributed by atoms with van der Waals surface area (Å²) in [6, 6.07) is 0.268. The molecule has 1 atom stereocenters. The summed E-state index contributed by atoms with van der Waals surface area (Å²) >= 11 is 1.75. The summed E-state index contributed by atoms with van der Waals surface area (Å²) in [6.07, 6.45) is 4.01. The molecule has 0 radical (unpaired) electrons. The maximum Gasteiger partial charge on any atom is 0.0618 e. The fourth-order valence-electron chi connectivity index (χ4n) is 1.87. The highest BCUT2D eigenvalue weighted by Gasteiger charge is 2.16. The van der Waals surface area contributed by atoms with Gasteiger partial charge in [0.05, 0.1) is 12.2 Å². The molecule has 0 saturated carbocycles. The van der Waals surface area contributed by atoms with E-state index in [1.807, 2.05) is 17.9 Å². The summed E-state index contributed by atoms with van der Waals surface area (Å²) in [5.41, 5.74) is 3.94. The van der Waals surface area contributed by atoms with E-state index in [-0.39, 0.29) is 6.04 Å². The number of hydrogen-bond acceptors (Lipinski definition) is 3. The Kier molecular flexibility index (Phi) is 3.41. The molecule has 2 heterocycles. The first-order valence-electron chi connectivity index (χ1n) is 5.47. The molecule has 2 rings (SSSR count). The summed E-state index contributed by atoms with van der Waals surface area (Å²) in [4.78, 5) is 0. The van der Waals surface area contributed by atoms with Gasteiger partial charge in [0.1, 0.15) is 0 Å². The van der Waals surface area contributed by atoms with E-state index in [9.17, 15) is 0 Å². The number of hydrogen-bond donors (Lipinski definition) is 1. The lowest BCUT2D eigenvalue weighted by atomic mass is 10.0. The van der Waals surface area contributed by atoms with Crippen LogP contribution in [0.15, 0.2) is 23.2 Å². The lowest BCUT2D eigenvalue weighted by Crippen LogP contribution is -2.21. The summed E-state index contributed by atoms with van der Waals surface area (Å²) in [5, 5.41) is 12.2. The van der Waals surface area contributed by atoms with Crippen LogP contribution in [-0.4, -0.2) is 16.3 Å². The van der Waals surface area contributed by atoms with Crippen molar-refractivity contribution in [1.29, 1.82) is 0 Å². The van der Waals surface area contributed by atoms with Crippen molar-refractivity contribution in [2.24, 2.45) is 7.05 Å². The van der Waals surface area contributed by atoms with E-state index in [1.165, 1.54) is 16.7 Å². The summed E-state index contributed by atoms with van der Waals surface area (Å²) in [6.45, 7) is 5.24. The van der Waals surface area contributed by atoms with Crippen LogP contribution < -0.4 is 5.32 Å². The molecule has 1 unspecified atom stereocenters. The van der Waals surface area contributed by atoms with Gasteiger partial charge >= 0.3 is 0 Å². The van der Waals surface area contributed by atoms with E-state index >= 15 is 0 Å². The van der Waals surface area contributed by atoms with Gasteiger partial charge in [0, 0.05) is 18.8 Å². The third kappa shape index (κ3) is 2.18. The van der Waals surface area contributed by atoms with E-state index in [0.717, 1.165) is 6.54 Å². The molecular weight excluding hydrogens is 218 g/mol. The average Bonchev–Trinajstić information content (AvgIpc) is 2.84. The van der Waals surface area contributed by atoms with Crippen molar-refractivity contribution >= 4 is 11.3 Å². The zero-order valence-electron chi connectivity index (χ0n) is 9.90. The predicted molar refractivity (Wildman–Crippen MR) is 67.8 cm³/mol. The second-order valence-electron chi connectivity index (χ2n) is 3.95. The van der Waals surface area contributed by atoms with Crippen molar-refractivity contribution in [1.82, 2.24) is 15.1 Å². The monoisotopic (exact) mass is 235 g/mol. The first-order valence-corrected chi connectivity index (χ1v) is 6.41. The van der Waals surface area contributed by atoms with Crippen LogP contribution in [0.2, 0.25) is 0 Å². The molecule has 0 aliphatic heterocycles. The zero-order valence-corrected chi connectivity index (χ0v) is 10.7. The Morgan fingerprint density at radius 2 is 2.31 bits per heavy atom. The summed E-state index contributed by atoms with van der Waals surface area (Å²) < 4.78 is 1.85. The second-order valence-corrected chi connectivity index (χ2v) is 4.69. The first kappa shape index (κ1) is 11.4. The Hall–Kier alpha value is -1.13. The van der Waals surface area contributed by atoms with Gasteiger partial charge in [0.25, 0.3) is 0 Å². The van der Waals surface area contributed by atoms with Gasteiger partial charge in [-0.05, 0) is 35.4 Å². The molecule has 16 heavy (non-hydrogen) atoms. The highest BCUT2D eigenvalue weighted by atomic mass is 32.1. The molecule has 0 saturated heterocycles. The minimum Gasteiger partial charge on any atom is -0.306 e. The molecule has 0 bridgehead atoms. The molecule has 4 heteroatoms. The van der Waals surface area contributed by atoms with Gasteiger partial charge in [0.2, 0.25) is 0 Å². The van der Waals surface area contributed by atoms with Crippen molar-refractivity contribution in [2.45, 2.75) is 19.9 Å². The maximum atomic E-state index is 4.24. The highest BCUT2D eigenvalue weighted by Crippen LogP contribution is 2.27. The van der Waals surface area contributed by atoms with Crippen LogP contribution in [0.1, 0.15) is 29.7 Å². The lowest BCUT2D eigenvalue weighted by molar-refractivity contribution is 0.629. The van der Waals surface area contributed by atoms with Crippen LogP contribution in [0.4, 0.5) is 0 Å². The topological polar surface area (TPSA) is 29.9 Å². The van der Waals surface area contributed by atoms with Gasteiger partial charge in [0.15, 0.2) is 0 Å². The number of rotatable bonds is 4. The Balaban J connectivity index is 2.34. The molecular formula is C12H17N3S. The van der Waals surface area contributed by atoms with Crippen LogP contribution in [0.5, 0.6) is 0 Å².